The molecule has 3 aromatic rings. The molecule has 0 aliphatic carbocycles. The lowest BCUT2D eigenvalue weighted by Crippen LogP contribution is -2.18. The number of carbonyl (C=O) groups is 1. The van der Waals surface area contributed by atoms with Gasteiger partial charge in [0, 0.05) is 30.2 Å². The SMILES string of the molecule is O=C(c1cc2nccnc2cn1)c1c(F)c(F)cc(CCCNS(=O)[O-])c1Cl. The third kappa shape index (κ3) is 4.36. The number of rotatable bonds is 7. The van der Waals surface area contributed by atoms with Crippen molar-refractivity contribution in [3.63, 3.8) is 0 Å². The van der Waals surface area contributed by atoms with Crippen molar-refractivity contribution in [3.8, 4) is 0 Å². The number of nitrogens with zero attached hydrogens (tertiary/aromatic N) is 3. The Kier molecular flexibility index (Phi) is 6.35. The molecular formula is C17H12ClF2N4O3S-. The van der Waals surface area contributed by atoms with Gasteiger partial charge in [0.1, 0.15) is 11.2 Å². The van der Waals surface area contributed by atoms with Crippen LogP contribution >= 0.6 is 11.6 Å². The molecule has 0 saturated heterocycles. The molecule has 3 rings (SSSR count). The first-order valence-electron chi connectivity index (χ1n) is 7.99. The number of fused-ring (bicyclic) bond motifs is 1. The number of aryl methyl sites for hydroxylation is 1. The number of carbonyl (C=O) groups excluding carboxylic acids is 1. The molecule has 1 aromatic carbocycles. The second kappa shape index (κ2) is 8.74. The number of hydrogen-bond donors (Lipinski definition) is 1. The molecule has 28 heavy (non-hydrogen) atoms. The number of pyridine rings is 1. The van der Waals surface area contributed by atoms with Crippen molar-refractivity contribution in [3.05, 3.63) is 64.2 Å². The van der Waals surface area contributed by atoms with Gasteiger partial charge in [-0.1, -0.05) is 11.6 Å². The van der Waals surface area contributed by atoms with E-state index < -0.39 is 34.2 Å². The van der Waals surface area contributed by atoms with Crippen LogP contribution in [0.25, 0.3) is 11.0 Å². The van der Waals surface area contributed by atoms with E-state index in [1.54, 1.807) is 0 Å². The molecule has 0 amide bonds. The van der Waals surface area contributed by atoms with E-state index in [0.29, 0.717) is 11.0 Å². The van der Waals surface area contributed by atoms with E-state index in [0.717, 1.165) is 6.07 Å². The Labute approximate surface area is 165 Å². The summed E-state index contributed by atoms with van der Waals surface area (Å²) in [5.41, 5.74) is 0.198. The molecule has 0 radical (unpaired) electrons. The molecule has 146 valence electrons. The van der Waals surface area contributed by atoms with Crippen LogP contribution in [0.2, 0.25) is 5.02 Å². The predicted molar refractivity (Wildman–Crippen MR) is 97.4 cm³/mol. The van der Waals surface area contributed by atoms with Crippen LogP contribution in [0.5, 0.6) is 0 Å². The normalized spacial score (nSPS) is 12.3. The number of hydrogen-bond acceptors (Lipinski definition) is 6. The minimum Gasteiger partial charge on any atom is -0.760 e. The monoisotopic (exact) mass is 425 g/mol. The standard InChI is InChI=1S/C17H13ClF2N4O3S/c18-15-9(2-1-3-24-28(26)27)6-10(19)16(20)14(15)17(25)12-7-11-13(8-23-12)22-5-4-21-11/h4-8,24H,1-3H2,(H,26,27)/p-1. The molecule has 0 fully saturated rings. The minimum absolute atomic E-state index is 0.0830. The van der Waals surface area contributed by atoms with E-state index in [9.17, 15) is 22.3 Å². The Hall–Kier alpha value is -2.40. The average Bonchev–Trinajstić information content (AvgIpc) is 2.68. The lowest BCUT2D eigenvalue weighted by molar-refractivity contribution is 0.102. The van der Waals surface area contributed by atoms with Gasteiger partial charge in [-0.2, -0.15) is 0 Å². The fourth-order valence-corrected chi connectivity index (χ4v) is 3.22. The second-order valence-electron chi connectivity index (χ2n) is 5.70. The summed E-state index contributed by atoms with van der Waals surface area (Å²) >= 11 is 3.74. The highest BCUT2D eigenvalue weighted by Crippen LogP contribution is 2.29. The Balaban J connectivity index is 1.94. The highest BCUT2D eigenvalue weighted by molar-refractivity contribution is 7.77. The quantitative estimate of drug-likeness (QED) is 0.270. The summed E-state index contributed by atoms with van der Waals surface area (Å²) in [6.45, 7) is 0.0830. The highest BCUT2D eigenvalue weighted by atomic mass is 35.5. The van der Waals surface area contributed by atoms with E-state index in [-0.39, 0.29) is 35.7 Å². The zero-order chi connectivity index (χ0) is 20.3. The smallest absolute Gasteiger partial charge is 0.215 e. The third-order valence-electron chi connectivity index (χ3n) is 3.89. The summed E-state index contributed by atoms with van der Waals surface area (Å²) < 4.78 is 51.5. The van der Waals surface area contributed by atoms with Gasteiger partial charge in [-0.05, 0) is 30.5 Å². The van der Waals surface area contributed by atoms with Gasteiger partial charge >= 0.3 is 0 Å². The Morgan fingerprint density at radius 2 is 1.89 bits per heavy atom. The summed E-state index contributed by atoms with van der Waals surface area (Å²) in [6, 6.07) is 2.21. The van der Waals surface area contributed by atoms with Gasteiger partial charge in [0.2, 0.25) is 5.78 Å². The first-order chi connectivity index (χ1) is 13.4. The molecule has 2 heterocycles. The van der Waals surface area contributed by atoms with Gasteiger partial charge in [0.05, 0.1) is 22.3 Å². The van der Waals surface area contributed by atoms with Crippen molar-refractivity contribution in [2.24, 2.45) is 0 Å². The molecule has 0 aliphatic rings. The number of nitrogens with one attached hydrogen (secondary N) is 1. The summed E-state index contributed by atoms with van der Waals surface area (Å²) in [6.07, 6.45) is 4.59. The molecule has 1 N–H and O–H groups in total. The van der Waals surface area contributed by atoms with Crippen molar-refractivity contribution < 1.29 is 22.3 Å². The summed E-state index contributed by atoms with van der Waals surface area (Å²) in [5, 5.41) is -0.242. The van der Waals surface area contributed by atoms with Gasteiger partial charge in [-0.15, -0.1) is 0 Å². The van der Waals surface area contributed by atoms with Gasteiger partial charge in [-0.3, -0.25) is 24.0 Å². The van der Waals surface area contributed by atoms with Gasteiger partial charge in [0.15, 0.2) is 11.6 Å². The van der Waals surface area contributed by atoms with E-state index in [1.165, 1.54) is 24.7 Å². The molecular weight excluding hydrogens is 414 g/mol. The van der Waals surface area contributed by atoms with Crippen molar-refractivity contribution in [1.82, 2.24) is 19.7 Å². The fraction of sp³-hybridized carbons (Fsp3) is 0.176. The highest BCUT2D eigenvalue weighted by Gasteiger charge is 2.25. The molecule has 0 spiro atoms. The molecule has 0 saturated carbocycles. The van der Waals surface area contributed by atoms with Crippen LogP contribution in [-0.2, 0) is 17.7 Å². The summed E-state index contributed by atoms with van der Waals surface area (Å²) in [5.74, 6) is -3.50. The largest absolute Gasteiger partial charge is 0.760 e. The Morgan fingerprint density at radius 3 is 2.61 bits per heavy atom. The number of halogens is 3. The van der Waals surface area contributed by atoms with E-state index in [2.05, 4.69) is 19.7 Å². The van der Waals surface area contributed by atoms with E-state index in [1.807, 2.05) is 0 Å². The maximum atomic E-state index is 14.4. The maximum absolute atomic E-state index is 14.4. The molecule has 11 heteroatoms. The topological polar surface area (TPSA) is 108 Å². The third-order valence-corrected chi connectivity index (χ3v) is 4.76. The zero-order valence-corrected chi connectivity index (χ0v) is 15.7. The van der Waals surface area contributed by atoms with E-state index >= 15 is 0 Å². The molecule has 0 aliphatic heterocycles. The van der Waals surface area contributed by atoms with Crippen LogP contribution in [0.15, 0.2) is 30.7 Å². The molecule has 7 nitrogen and oxygen atoms in total. The van der Waals surface area contributed by atoms with Gasteiger partial charge in [-0.25, -0.2) is 13.5 Å². The first-order valence-corrected chi connectivity index (χ1v) is 9.44. The number of ketones is 1. The molecule has 1 unspecified atom stereocenters. The summed E-state index contributed by atoms with van der Waals surface area (Å²) in [4.78, 5) is 24.8. The minimum atomic E-state index is -2.43. The van der Waals surface area contributed by atoms with Gasteiger partial charge in [0.25, 0.3) is 0 Å². The van der Waals surface area contributed by atoms with Crippen LogP contribution in [-0.4, -0.2) is 36.0 Å². The second-order valence-corrected chi connectivity index (χ2v) is 6.83. The lowest BCUT2D eigenvalue weighted by atomic mass is 10.0. The average molecular weight is 426 g/mol. The van der Waals surface area contributed by atoms with Crippen molar-refractivity contribution in [1.29, 1.82) is 0 Å². The van der Waals surface area contributed by atoms with Crippen LogP contribution in [0.3, 0.4) is 0 Å². The van der Waals surface area contributed by atoms with Crippen LogP contribution in [0, 0.1) is 11.6 Å². The Bertz CT molecular complexity index is 1080. The van der Waals surface area contributed by atoms with Gasteiger partial charge < -0.3 is 4.55 Å². The van der Waals surface area contributed by atoms with Crippen LogP contribution < -0.4 is 4.72 Å². The van der Waals surface area contributed by atoms with E-state index in [4.69, 9.17) is 11.6 Å². The fourth-order valence-electron chi connectivity index (χ4n) is 2.59. The van der Waals surface area contributed by atoms with Crippen molar-refractivity contribution in [2.45, 2.75) is 12.8 Å². The molecule has 0 bridgehead atoms. The molecule has 2 aromatic heterocycles. The number of aromatic nitrogens is 3. The van der Waals surface area contributed by atoms with Crippen LogP contribution in [0.4, 0.5) is 8.78 Å². The molecule has 1 atom stereocenters. The van der Waals surface area contributed by atoms with Crippen molar-refractivity contribution >= 4 is 39.7 Å². The summed E-state index contributed by atoms with van der Waals surface area (Å²) in [7, 11) is 0. The lowest BCUT2D eigenvalue weighted by Gasteiger charge is -2.12. The zero-order valence-electron chi connectivity index (χ0n) is 14.1. The first kappa shape index (κ1) is 20.3. The maximum Gasteiger partial charge on any atom is 0.215 e. The van der Waals surface area contributed by atoms with Crippen LogP contribution in [0.1, 0.15) is 28.0 Å². The Morgan fingerprint density at radius 1 is 1.18 bits per heavy atom. The van der Waals surface area contributed by atoms with Crippen molar-refractivity contribution in [2.75, 3.05) is 6.54 Å². The predicted octanol–water partition coefficient (Wildman–Crippen LogP) is 2.50. The number of benzene rings is 1.